The molecule has 0 bridgehead atoms. The van der Waals surface area contributed by atoms with Crippen LogP contribution < -0.4 is 9.47 Å². The number of ether oxygens (including phenoxy) is 2. The highest BCUT2D eigenvalue weighted by atomic mass is 32.2. The van der Waals surface area contributed by atoms with Gasteiger partial charge in [-0.15, -0.1) is 11.8 Å². The Balaban J connectivity index is 1.55. The minimum absolute atomic E-state index is 0.0000613. The molecule has 32 heavy (non-hydrogen) atoms. The maximum Gasteiger partial charge on any atom is 0.162 e. The van der Waals surface area contributed by atoms with E-state index in [4.69, 9.17) is 14.5 Å². The molecule has 0 amide bonds. The molecule has 0 saturated heterocycles. The first-order chi connectivity index (χ1) is 15.7. The van der Waals surface area contributed by atoms with Gasteiger partial charge in [-0.05, 0) is 60.4 Å². The summed E-state index contributed by atoms with van der Waals surface area (Å²) >= 11 is 1.83. The maximum atomic E-state index is 6.26. The predicted molar refractivity (Wildman–Crippen MR) is 133 cm³/mol. The third kappa shape index (κ3) is 3.71. The van der Waals surface area contributed by atoms with Crippen LogP contribution in [0.4, 0.5) is 0 Å². The fourth-order valence-corrected chi connectivity index (χ4v) is 5.72. The monoisotopic (exact) mass is 443 g/mol. The van der Waals surface area contributed by atoms with Crippen LogP contribution in [0.25, 0.3) is 0 Å². The van der Waals surface area contributed by atoms with Crippen LogP contribution in [0.5, 0.6) is 11.5 Å². The van der Waals surface area contributed by atoms with Gasteiger partial charge in [-0.1, -0.05) is 55.0 Å². The lowest BCUT2D eigenvalue weighted by atomic mass is 9.59. The van der Waals surface area contributed by atoms with Crippen LogP contribution in [0.1, 0.15) is 41.5 Å². The molecule has 4 heteroatoms. The van der Waals surface area contributed by atoms with Gasteiger partial charge < -0.3 is 9.47 Å². The van der Waals surface area contributed by atoms with Crippen molar-refractivity contribution in [2.24, 2.45) is 4.99 Å². The van der Waals surface area contributed by atoms with Crippen LogP contribution in [0.15, 0.2) is 76.6 Å². The maximum absolute atomic E-state index is 6.26. The third-order valence-corrected chi connectivity index (χ3v) is 7.61. The van der Waals surface area contributed by atoms with Crippen molar-refractivity contribution in [1.82, 2.24) is 0 Å². The third-order valence-electron chi connectivity index (χ3n) is 6.82. The van der Waals surface area contributed by atoms with Gasteiger partial charge in [0.1, 0.15) is 6.61 Å². The number of fused-ring (bicyclic) bond motifs is 1. The Morgan fingerprint density at radius 3 is 2.47 bits per heavy atom. The number of aliphatic imine (C=N–C) groups is 1. The smallest absolute Gasteiger partial charge is 0.162 e. The van der Waals surface area contributed by atoms with Gasteiger partial charge in [-0.2, -0.15) is 0 Å². The molecular weight excluding hydrogens is 414 g/mol. The second kappa shape index (κ2) is 9.03. The molecular formula is C28H29NO2S. The predicted octanol–water partition coefficient (Wildman–Crippen LogP) is 6.46. The highest BCUT2D eigenvalue weighted by Crippen LogP contribution is 2.50. The van der Waals surface area contributed by atoms with Gasteiger partial charge in [0.25, 0.3) is 0 Å². The molecule has 1 aliphatic carbocycles. The van der Waals surface area contributed by atoms with Gasteiger partial charge in [-0.25, -0.2) is 0 Å². The largest absolute Gasteiger partial charge is 0.493 e. The van der Waals surface area contributed by atoms with Crippen molar-refractivity contribution in [3.8, 4) is 11.5 Å². The summed E-state index contributed by atoms with van der Waals surface area (Å²) < 4.78 is 12.0. The van der Waals surface area contributed by atoms with Gasteiger partial charge in [0.05, 0.1) is 12.8 Å². The number of rotatable bonds is 7. The van der Waals surface area contributed by atoms with Crippen molar-refractivity contribution in [2.75, 3.05) is 19.9 Å². The van der Waals surface area contributed by atoms with Gasteiger partial charge in [0.15, 0.2) is 11.5 Å². The number of benzene rings is 3. The Bertz CT molecular complexity index is 1140. The fraction of sp³-hybridized carbons (Fsp3) is 0.321. The lowest BCUT2D eigenvalue weighted by molar-refractivity contribution is 0.284. The molecule has 1 heterocycles. The van der Waals surface area contributed by atoms with E-state index in [1.54, 1.807) is 7.11 Å². The first-order valence-corrected chi connectivity index (χ1v) is 12.5. The van der Waals surface area contributed by atoms with Crippen molar-refractivity contribution in [1.29, 1.82) is 0 Å². The molecule has 2 aliphatic rings. The molecule has 1 aliphatic heterocycles. The first-order valence-electron chi connectivity index (χ1n) is 11.3. The zero-order valence-electron chi connectivity index (χ0n) is 18.8. The van der Waals surface area contributed by atoms with Crippen LogP contribution in [0.3, 0.4) is 0 Å². The van der Waals surface area contributed by atoms with E-state index in [9.17, 15) is 0 Å². The van der Waals surface area contributed by atoms with Gasteiger partial charge in [0, 0.05) is 22.4 Å². The second-order valence-corrected chi connectivity index (χ2v) is 9.40. The summed E-state index contributed by atoms with van der Waals surface area (Å²) in [7, 11) is 1.72. The number of thioether (sulfide) groups is 1. The quantitative estimate of drug-likeness (QED) is 0.393. The Kier molecular flexibility index (Phi) is 5.97. The average Bonchev–Trinajstić information content (AvgIpc) is 2.82. The standard InChI is InChI=1S/C28H29NO2S/c1-30-24-17-21-13-16-29-27(22(21)18-25(24)31-19-20-9-4-3-5-10-20)28(14-8-15-28)23-11-6-7-12-26(23)32-2/h3-7,9-12,17-18H,8,13-16,19H2,1-2H3. The second-order valence-electron chi connectivity index (χ2n) is 8.55. The molecule has 0 N–H and O–H groups in total. The van der Waals surface area contributed by atoms with Crippen molar-refractivity contribution >= 4 is 17.5 Å². The van der Waals surface area contributed by atoms with Crippen LogP contribution in [0, 0.1) is 0 Å². The fourth-order valence-electron chi connectivity index (χ4n) is 5.02. The van der Waals surface area contributed by atoms with Gasteiger partial charge >= 0.3 is 0 Å². The van der Waals surface area contributed by atoms with Crippen molar-refractivity contribution in [3.05, 3.63) is 89.0 Å². The Morgan fingerprint density at radius 2 is 1.75 bits per heavy atom. The molecule has 1 fully saturated rings. The van der Waals surface area contributed by atoms with Crippen LogP contribution in [-0.2, 0) is 18.4 Å². The van der Waals surface area contributed by atoms with E-state index in [1.807, 2.05) is 30.0 Å². The topological polar surface area (TPSA) is 30.8 Å². The molecule has 0 atom stereocenters. The molecule has 0 unspecified atom stereocenters. The van der Waals surface area contributed by atoms with Crippen molar-refractivity contribution in [3.63, 3.8) is 0 Å². The molecule has 3 aromatic rings. The van der Waals surface area contributed by atoms with E-state index in [0.29, 0.717) is 6.61 Å². The summed E-state index contributed by atoms with van der Waals surface area (Å²) in [6, 6.07) is 23.5. The summed E-state index contributed by atoms with van der Waals surface area (Å²) in [6.45, 7) is 1.35. The highest BCUT2D eigenvalue weighted by molar-refractivity contribution is 7.98. The number of hydrogen-bond donors (Lipinski definition) is 0. The summed E-state index contributed by atoms with van der Waals surface area (Å²) in [5, 5.41) is 0. The average molecular weight is 444 g/mol. The van der Waals surface area contributed by atoms with E-state index in [1.165, 1.54) is 33.7 Å². The van der Waals surface area contributed by atoms with Crippen LogP contribution in [-0.4, -0.2) is 25.6 Å². The summed E-state index contributed by atoms with van der Waals surface area (Å²) in [4.78, 5) is 6.50. The van der Waals surface area contributed by atoms with Crippen molar-refractivity contribution in [2.45, 2.75) is 42.6 Å². The summed E-state index contributed by atoms with van der Waals surface area (Å²) in [5.41, 5.74) is 6.35. The molecule has 3 aromatic carbocycles. The van der Waals surface area contributed by atoms with Crippen LogP contribution >= 0.6 is 11.8 Å². The van der Waals surface area contributed by atoms with E-state index in [-0.39, 0.29) is 5.41 Å². The zero-order chi connectivity index (χ0) is 22.0. The first kappa shape index (κ1) is 21.1. The molecule has 164 valence electrons. The van der Waals surface area contributed by atoms with Gasteiger partial charge in [-0.3, -0.25) is 4.99 Å². The Hall–Kier alpha value is -2.72. The van der Waals surface area contributed by atoms with E-state index in [2.05, 4.69) is 54.8 Å². The molecule has 0 radical (unpaired) electrons. The Morgan fingerprint density at radius 1 is 0.969 bits per heavy atom. The highest BCUT2D eigenvalue weighted by Gasteiger charge is 2.46. The lowest BCUT2D eigenvalue weighted by Gasteiger charge is -2.45. The number of methoxy groups -OCH3 is 1. The number of hydrogen-bond acceptors (Lipinski definition) is 4. The van der Waals surface area contributed by atoms with E-state index >= 15 is 0 Å². The lowest BCUT2D eigenvalue weighted by Crippen LogP contribution is -2.45. The van der Waals surface area contributed by atoms with Gasteiger partial charge in [0.2, 0.25) is 0 Å². The van der Waals surface area contributed by atoms with E-state index < -0.39 is 0 Å². The van der Waals surface area contributed by atoms with Crippen molar-refractivity contribution < 1.29 is 9.47 Å². The van der Waals surface area contributed by atoms with Crippen LogP contribution in [0.2, 0.25) is 0 Å². The minimum Gasteiger partial charge on any atom is -0.493 e. The number of nitrogens with zero attached hydrogens (tertiary/aromatic N) is 1. The molecule has 5 rings (SSSR count). The molecule has 1 saturated carbocycles. The SMILES string of the molecule is COc1cc2c(cc1OCc1ccccc1)C(C1(c3ccccc3SC)CCC1)=NCC2. The normalized spacial score (nSPS) is 16.5. The summed E-state index contributed by atoms with van der Waals surface area (Å²) in [6.07, 6.45) is 6.64. The van der Waals surface area contributed by atoms with E-state index in [0.717, 1.165) is 42.9 Å². The zero-order valence-corrected chi connectivity index (χ0v) is 19.6. The minimum atomic E-state index is 0.0000613. The molecule has 3 nitrogen and oxygen atoms in total. The molecule has 0 aromatic heterocycles. The summed E-state index contributed by atoms with van der Waals surface area (Å²) in [5.74, 6) is 1.59. The molecule has 0 spiro atoms. The Labute approximate surface area is 194 Å².